The highest BCUT2D eigenvalue weighted by atomic mass is 19.1. The summed E-state index contributed by atoms with van der Waals surface area (Å²) in [7, 11) is 0. The lowest BCUT2D eigenvalue weighted by molar-refractivity contribution is -0.131. The van der Waals surface area contributed by atoms with Gasteiger partial charge in [-0.2, -0.15) is 4.98 Å². The Hall–Kier alpha value is -4.29. The molecule has 2 N–H and O–H groups in total. The Kier molecular flexibility index (Phi) is 6.57. The first-order chi connectivity index (χ1) is 16.0. The lowest BCUT2D eigenvalue weighted by atomic mass is 10.0. The summed E-state index contributed by atoms with van der Waals surface area (Å²) in [5.74, 6) is -0.602. The van der Waals surface area contributed by atoms with Gasteiger partial charge in [0.1, 0.15) is 11.6 Å². The van der Waals surface area contributed by atoms with Crippen molar-refractivity contribution in [3.05, 3.63) is 77.5 Å². The number of carboxylic acid groups (broad SMARTS) is 1. The summed E-state index contributed by atoms with van der Waals surface area (Å²) in [5, 5.41) is 11.9. The highest BCUT2D eigenvalue weighted by molar-refractivity contribution is 5.86. The van der Waals surface area contributed by atoms with E-state index in [1.165, 1.54) is 18.2 Å². The Morgan fingerprint density at radius 2 is 2.06 bits per heavy atom. The van der Waals surface area contributed by atoms with Crippen molar-refractivity contribution in [3.8, 4) is 11.1 Å². The van der Waals surface area contributed by atoms with Crippen molar-refractivity contribution in [2.45, 2.75) is 0 Å². The molecule has 1 aliphatic rings. The van der Waals surface area contributed by atoms with Gasteiger partial charge in [-0.3, -0.25) is 0 Å². The molecular weight excluding hydrogens is 425 g/mol. The van der Waals surface area contributed by atoms with Gasteiger partial charge in [0.15, 0.2) is 5.69 Å². The minimum absolute atomic E-state index is 0.175. The quantitative estimate of drug-likeness (QED) is 0.426. The molecule has 3 aromatic rings. The van der Waals surface area contributed by atoms with Crippen LogP contribution in [0.1, 0.15) is 5.56 Å². The van der Waals surface area contributed by atoms with Gasteiger partial charge in [0.05, 0.1) is 19.8 Å². The normalized spacial score (nSPS) is 13.6. The number of nitrogens with one attached hydrogen (secondary N) is 1. The fraction of sp³-hybridized carbons (Fsp3) is 0.167. The number of nitrogens with zero attached hydrogens (tertiary/aromatic N) is 4. The number of benzene rings is 2. The predicted octanol–water partition coefficient (Wildman–Crippen LogP) is 4.51. The molecule has 8 nitrogen and oxygen atoms in total. The molecule has 0 radical (unpaired) electrons. The maximum atomic E-state index is 13.8. The van der Waals surface area contributed by atoms with Crippen LogP contribution in [0.3, 0.4) is 0 Å². The molecule has 0 saturated carbocycles. The first-order valence-electron chi connectivity index (χ1n) is 10.2. The van der Waals surface area contributed by atoms with Crippen LogP contribution in [0.4, 0.5) is 27.5 Å². The van der Waals surface area contributed by atoms with E-state index in [1.54, 1.807) is 6.20 Å². The fourth-order valence-corrected chi connectivity index (χ4v) is 3.47. The van der Waals surface area contributed by atoms with Crippen LogP contribution < -0.4 is 10.2 Å². The van der Waals surface area contributed by atoms with Crippen LogP contribution in [0, 0.1) is 12.4 Å². The van der Waals surface area contributed by atoms with E-state index in [4.69, 9.17) is 21.4 Å². The third-order valence-electron chi connectivity index (χ3n) is 4.96. The van der Waals surface area contributed by atoms with Gasteiger partial charge >= 0.3 is 5.97 Å². The minimum Gasteiger partial charge on any atom is -0.478 e. The monoisotopic (exact) mass is 445 g/mol. The van der Waals surface area contributed by atoms with E-state index in [2.05, 4.69) is 20.0 Å². The number of anilines is 3. The highest BCUT2D eigenvalue weighted by Gasteiger charge is 2.19. The summed E-state index contributed by atoms with van der Waals surface area (Å²) in [6, 6.07) is 11.4. The average Bonchev–Trinajstić information content (AvgIpc) is 2.83. The molecule has 166 valence electrons. The van der Waals surface area contributed by atoms with Crippen LogP contribution in [-0.2, 0) is 9.53 Å². The molecule has 2 aromatic carbocycles. The molecule has 0 amide bonds. The van der Waals surface area contributed by atoms with Crippen molar-refractivity contribution >= 4 is 35.2 Å². The lowest BCUT2D eigenvalue weighted by Crippen LogP contribution is -2.37. The van der Waals surface area contributed by atoms with Crippen LogP contribution in [0.15, 0.2) is 54.7 Å². The van der Waals surface area contributed by atoms with E-state index in [9.17, 15) is 9.18 Å². The standard InChI is InChI=1S/C24H20FN5O3/c1-26-19-12-18(25)13-20(14-19)28-24-27-15-21(23(29-24)30-7-9-33-10-8-30)17-4-2-3-16(11-17)5-6-22(31)32/h2-6,11-15H,7-10H2,(H,31,32)(H,27,28,29)/b6-5+. The second-order valence-electron chi connectivity index (χ2n) is 7.26. The number of carbonyl (C=O) groups is 1. The number of rotatable bonds is 6. The van der Waals surface area contributed by atoms with Crippen LogP contribution in [0.25, 0.3) is 22.0 Å². The molecule has 0 spiro atoms. The molecule has 1 aliphatic heterocycles. The van der Waals surface area contributed by atoms with Crippen LogP contribution in [0.2, 0.25) is 0 Å². The van der Waals surface area contributed by atoms with E-state index in [0.29, 0.717) is 37.8 Å². The molecule has 1 fully saturated rings. The number of hydrogen-bond acceptors (Lipinski definition) is 6. The van der Waals surface area contributed by atoms with Crippen molar-refractivity contribution in [2.75, 3.05) is 36.5 Å². The number of aromatic nitrogens is 2. The topological polar surface area (TPSA) is 91.9 Å². The Morgan fingerprint density at radius 1 is 1.24 bits per heavy atom. The lowest BCUT2D eigenvalue weighted by Gasteiger charge is -2.29. The zero-order chi connectivity index (χ0) is 23.2. The largest absolute Gasteiger partial charge is 0.478 e. The van der Waals surface area contributed by atoms with Gasteiger partial charge in [0, 0.05) is 36.6 Å². The molecule has 0 atom stereocenters. The second-order valence-corrected chi connectivity index (χ2v) is 7.26. The Morgan fingerprint density at radius 3 is 2.82 bits per heavy atom. The Bertz CT molecular complexity index is 1250. The minimum atomic E-state index is -1.02. The summed E-state index contributed by atoms with van der Waals surface area (Å²) in [5.41, 5.74) is 2.89. The number of carboxylic acids is 1. The Balaban J connectivity index is 1.72. The molecule has 9 heteroatoms. The SMILES string of the molecule is [C-]#[N+]c1cc(F)cc(Nc2ncc(-c3cccc(/C=C/C(=O)O)c3)c(N3CCOCC3)n2)c1. The van der Waals surface area contributed by atoms with Gasteiger partial charge < -0.3 is 20.1 Å². The third kappa shape index (κ3) is 5.50. The van der Waals surface area contributed by atoms with E-state index in [0.717, 1.165) is 28.8 Å². The Labute approximate surface area is 189 Å². The van der Waals surface area contributed by atoms with E-state index >= 15 is 0 Å². The first kappa shape index (κ1) is 21.9. The summed E-state index contributed by atoms with van der Waals surface area (Å²) in [6.45, 7) is 9.53. The molecule has 1 saturated heterocycles. The maximum Gasteiger partial charge on any atom is 0.328 e. The maximum absolute atomic E-state index is 13.8. The van der Waals surface area contributed by atoms with Crippen molar-refractivity contribution in [1.29, 1.82) is 0 Å². The van der Waals surface area contributed by atoms with Crippen molar-refractivity contribution in [2.24, 2.45) is 0 Å². The molecular formula is C24H20FN5O3. The molecule has 0 bridgehead atoms. The number of halogens is 1. The molecule has 2 heterocycles. The molecule has 33 heavy (non-hydrogen) atoms. The molecule has 0 unspecified atom stereocenters. The summed E-state index contributed by atoms with van der Waals surface area (Å²) in [4.78, 5) is 25.3. The van der Waals surface area contributed by atoms with Gasteiger partial charge in [-0.25, -0.2) is 19.0 Å². The molecule has 1 aromatic heterocycles. The van der Waals surface area contributed by atoms with Crippen LogP contribution >= 0.6 is 0 Å². The zero-order valence-corrected chi connectivity index (χ0v) is 17.5. The highest BCUT2D eigenvalue weighted by Crippen LogP contribution is 2.32. The zero-order valence-electron chi connectivity index (χ0n) is 17.5. The van der Waals surface area contributed by atoms with Crippen molar-refractivity contribution < 1.29 is 19.0 Å². The number of morpholine rings is 1. The van der Waals surface area contributed by atoms with E-state index in [-0.39, 0.29) is 11.6 Å². The van der Waals surface area contributed by atoms with Gasteiger partial charge in [-0.15, -0.1) is 0 Å². The smallest absolute Gasteiger partial charge is 0.328 e. The van der Waals surface area contributed by atoms with Crippen LogP contribution in [-0.4, -0.2) is 47.3 Å². The van der Waals surface area contributed by atoms with Crippen molar-refractivity contribution in [1.82, 2.24) is 9.97 Å². The van der Waals surface area contributed by atoms with Gasteiger partial charge in [-0.05, 0) is 41.5 Å². The average molecular weight is 445 g/mol. The predicted molar refractivity (Wildman–Crippen MR) is 123 cm³/mol. The summed E-state index contributed by atoms with van der Waals surface area (Å²) in [6.07, 6.45) is 4.28. The fourth-order valence-electron chi connectivity index (χ4n) is 3.47. The number of aliphatic carboxylic acids is 1. The number of hydrogen-bond donors (Lipinski definition) is 2. The van der Waals surface area contributed by atoms with Crippen LogP contribution in [0.5, 0.6) is 0 Å². The van der Waals surface area contributed by atoms with Gasteiger partial charge in [-0.1, -0.05) is 18.2 Å². The molecule has 4 rings (SSSR count). The van der Waals surface area contributed by atoms with Crippen molar-refractivity contribution in [3.63, 3.8) is 0 Å². The third-order valence-corrected chi connectivity index (χ3v) is 4.96. The molecule has 0 aliphatic carbocycles. The van der Waals surface area contributed by atoms with E-state index < -0.39 is 11.8 Å². The number of ether oxygens (including phenoxy) is 1. The summed E-state index contributed by atoms with van der Waals surface area (Å²) >= 11 is 0. The van der Waals surface area contributed by atoms with Gasteiger partial charge in [0.2, 0.25) is 5.95 Å². The summed E-state index contributed by atoms with van der Waals surface area (Å²) < 4.78 is 19.3. The first-order valence-corrected chi connectivity index (χ1v) is 10.2. The van der Waals surface area contributed by atoms with Gasteiger partial charge in [0.25, 0.3) is 0 Å². The second kappa shape index (κ2) is 9.89. The van der Waals surface area contributed by atoms with E-state index in [1.807, 2.05) is 24.3 Å².